The quantitative estimate of drug-likeness (QED) is 0.920. The van der Waals surface area contributed by atoms with Gasteiger partial charge in [-0.2, -0.15) is 13.2 Å². The van der Waals surface area contributed by atoms with Crippen LogP contribution in [0.1, 0.15) is 18.4 Å². The van der Waals surface area contributed by atoms with E-state index < -0.39 is 20.2 Å². The van der Waals surface area contributed by atoms with E-state index in [1.165, 1.54) is 6.07 Å². The Morgan fingerprint density at radius 2 is 1.89 bits per heavy atom. The number of rotatable bonds is 3. The highest BCUT2D eigenvalue weighted by molar-refractivity contribution is 7.92. The average molecular weight is 279 g/mol. The smallest absolute Gasteiger partial charge is 0.330 e. The zero-order valence-electron chi connectivity index (χ0n) is 9.37. The fraction of sp³-hybridized carbons (Fsp3) is 0.455. The first-order valence-corrected chi connectivity index (χ1v) is 6.83. The van der Waals surface area contributed by atoms with Crippen LogP contribution >= 0.6 is 0 Å². The molecule has 7 heteroatoms. The Morgan fingerprint density at radius 1 is 1.28 bits per heavy atom. The Hall–Kier alpha value is -1.08. The van der Waals surface area contributed by atoms with Crippen molar-refractivity contribution in [2.75, 3.05) is 6.54 Å². The summed E-state index contributed by atoms with van der Waals surface area (Å²) < 4.78 is 59.9. The van der Waals surface area contributed by atoms with Gasteiger partial charge in [-0.3, -0.25) is 0 Å². The van der Waals surface area contributed by atoms with E-state index in [9.17, 15) is 21.6 Å². The van der Waals surface area contributed by atoms with Gasteiger partial charge in [-0.25, -0.2) is 8.42 Å². The third-order valence-electron chi connectivity index (χ3n) is 3.31. The molecular formula is C11H12F3NO2S. The molecule has 1 aliphatic rings. The minimum absolute atomic E-state index is 0.308. The molecule has 1 saturated carbocycles. The molecule has 18 heavy (non-hydrogen) atoms. The number of nitrogens with two attached hydrogens (primary N) is 1. The Morgan fingerprint density at radius 3 is 2.33 bits per heavy atom. The first-order chi connectivity index (χ1) is 8.23. The summed E-state index contributed by atoms with van der Waals surface area (Å²) in [6, 6.07) is 4.99. The molecule has 0 aromatic heterocycles. The fourth-order valence-electron chi connectivity index (χ4n) is 1.89. The lowest BCUT2D eigenvalue weighted by Gasteiger charge is -2.15. The maximum atomic E-state index is 12.4. The Bertz CT molecular complexity index is 562. The molecule has 0 unspecified atom stereocenters. The standard InChI is InChI=1S/C11H12F3NO2S/c12-11(13,14)18(16,17)9-3-1-2-8(6-9)10(7-15)4-5-10/h1-3,6H,4-5,7,15H2. The lowest BCUT2D eigenvalue weighted by Crippen LogP contribution is -2.24. The number of hydrogen-bond donors (Lipinski definition) is 1. The van der Waals surface area contributed by atoms with Crippen molar-refractivity contribution < 1.29 is 21.6 Å². The summed E-state index contributed by atoms with van der Waals surface area (Å²) >= 11 is 0. The summed E-state index contributed by atoms with van der Waals surface area (Å²) in [5, 5.41) is 0. The molecule has 1 aromatic rings. The SMILES string of the molecule is NCC1(c2cccc(S(=O)(=O)C(F)(F)F)c2)CC1. The van der Waals surface area contributed by atoms with Crippen molar-refractivity contribution in [3.63, 3.8) is 0 Å². The first kappa shape index (κ1) is 13.4. The van der Waals surface area contributed by atoms with E-state index in [-0.39, 0.29) is 5.41 Å². The topological polar surface area (TPSA) is 60.2 Å². The highest BCUT2D eigenvalue weighted by atomic mass is 32.2. The van der Waals surface area contributed by atoms with Crippen molar-refractivity contribution in [1.29, 1.82) is 0 Å². The van der Waals surface area contributed by atoms with Gasteiger partial charge in [0.15, 0.2) is 0 Å². The van der Waals surface area contributed by atoms with Crippen LogP contribution in [0.2, 0.25) is 0 Å². The Labute approximate surface area is 103 Å². The van der Waals surface area contributed by atoms with E-state index in [0.29, 0.717) is 12.1 Å². The fourth-order valence-corrected chi connectivity index (χ4v) is 2.70. The molecule has 100 valence electrons. The molecule has 0 bridgehead atoms. The minimum atomic E-state index is -5.28. The number of hydrogen-bond acceptors (Lipinski definition) is 3. The summed E-state index contributed by atoms with van der Waals surface area (Å²) in [6.45, 7) is 0.308. The Balaban J connectivity index is 2.47. The van der Waals surface area contributed by atoms with Gasteiger partial charge >= 0.3 is 5.51 Å². The van der Waals surface area contributed by atoms with E-state index in [0.717, 1.165) is 25.0 Å². The van der Waals surface area contributed by atoms with Crippen molar-refractivity contribution in [3.8, 4) is 0 Å². The van der Waals surface area contributed by atoms with Gasteiger partial charge in [-0.15, -0.1) is 0 Å². The van der Waals surface area contributed by atoms with Crippen molar-refractivity contribution in [2.45, 2.75) is 28.7 Å². The number of halogens is 3. The van der Waals surface area contributed by atoms with Gasteiger partial charge in [-0.05, 0) is 30.5 Å². The molecule has 0 spiro atoms. The molecule has 0 aliphatic heterocycles. The second-order valence-corrected chi connectivity index (χ2v) is 6.40. The van der Waals surface area contributed by atoms with Crippen LogP contribution in [-0.4, -0.2) is 20.5 Å². The van der Waals surface area contributed by atoms with E-state index in [4.69, 9.17) is 5.73 Å². The van der Waals surface area contributed by atoms with Crippen LogP contribution < -0.4 is 5.73 Å². The lowest BCUT2D eigenvalue weighted by molar-refractivity contribution is -0.0436. The number of alkyl halides is 3. The summed E-state index contributed by atoms with van der Waals surface area (Å²) in [7, 11) is -5.28. The van der Waals surface area contributed by atoms with Gasteiger partial charge in [0.1, 0.15) is 0 Å². The van der Waals surface area contributed by atoms with Crippen molar-refractivity contribution in [2.24, 2.45) is 5.73 Å². The van der Waals surface area contributed by atoms with E-state index in [2.05, 4.69) is 0 Å². The molecular weight excluding hydrogens is 267 g/mol. The molecule has 1 aliphatic carbocycles. The second-order valence-electron chi connectivity index (χ2n) is 4.46. The van der Waals surface area contributed by atoms with E-state index in [1.54, 1.807) is 6.07 Å². The Kier molecular flexibility index (Phi) is 2.94. The van der Waals surface area contributed by atoms with Crippen LogP contribution in [-0.2, 0) is 15.3 Å². The molecule has 2 N–H and O–H groups in total. The van der Waals surface area contributed by atoms with Gasteiger partial charge in [0.2, 0.25) is 0 Å². The minimum Gasteiger partial charge on any atom is -0.330 e. The summed E-state index contributed by atoms with van der Waals surface area (Å²) in [5.41, 5.74) is 0.530. The zero-order valence-corrected chi connectivity index (χ0v) is 10.2. The number of sulfone groups is 1. The van der Waals surface area contributed by atoms with Crippen molar-refractivity contribution >= 4 is 9.84 Å². The third kappa shape index (κ3) is 2.01. The molecule has 2 rings (SSSR count). The van der Waals surface area contributed by atoms with Crippen molar-refractivity contribution in [1.82, 2.24) is 0 Å². The first-order valence-electron chi connectivity index (χ1n) is 5.35. The predicted octanol–water partition coefficient (Wildman–Crippen LogP) is 1.97. The monoisotopic (exact) mass is 279 g/mol. The maximum absolute atomic E-state index is 12.4. The molecule has 1 aromatic carbocycles. The average Bonchev–Trinajstić information content (AvgIpc) is 3.08. The van der Waals surface area contributed by atoms with Gasteiger partial charge in [-0.1, -0.05) is 12.1 Å². The predicted molar refractivity (Wildman–Crippen MR) is 59.6 cm³/mol. The van der Waals surface area contributed by atoms with Gasteiger partial charge in [0.05, 0.1) is 4.90 Å². The summed E-state index contributed by atoms with van der Waals surface area (Å²) in [6.07, 6.45) is 1.55. The molecule has 1 fully saturated rings. The van der Waals surface area contributed by atoms with Gasteiger partial charge in [0.25, 0.3) is 9.84 Å². The highest BCUT2D eigenvalue weighted by Gasteiger charge is 2.48. The lowest BCUT2D eigenvalue weighted by atomic mass is 9.96. The van der Waals surface area contributed by atoms with Crippen LogP contribution in [0.25, 0.3) is 0 Å². The zero-order chi connectivity index (χ0) is 13.6. The second kappa shape index (κ2) is 3.96. The number of benzene rings is 1. The van der Waals surface area contributed by atoms with Gasteiger partial charge in [0, 0.05) is 12.0 Å². The van der Waals surface area contributed by atoms with Gasteiger partial charge < -0.3 is 5.73 Å². The normalized spacial score (nSPS) is 18.7. The van der Waals surface area contributed by atoms with E-state index in [1.807, 2.05) is 0 Å². The third-order valence-corrected chi connectivity index (χ3v) is 4.79. The summed E-state index contributed by atoms with van der Waals surface area (Å²) in [4.78, 5) is -0.716. The van der Waals surface area contributed by atoms with E-state index >= 15 is 0 Å². The maximum Gasteiger partial charge on any atom is 0.501 e. The molecule has 0 radical (unpaired) electrons. The van der Waals surface area contributed by atoms with Crippen molar-refractivity contribution in [3.05, 3.63) is 29.8 Å². The molecule has 0 atom stereocenters. The highest BCUT2D eigenvalue weighted by Crippen LogP contribution is 2.47. The van der Waals surface area contributed by atoms with Crippen LogP contribution in [0.4, 0.5) is 13.2 Å². The van der Waals surface area contributed by atoms with Crippen LogP contribution in [0, 0.1) is 0 Å². The van der Waals surface area contributed by atoms with Crippen LogP contribution in [0.15, 0.2) is 29.2 Å². The molecule has 0 heterocycles. The summed E-state index contributed by atoms with van der Waals surface area (Å²) in [5.74, 6) is 0. The molecule has 0 saturated heterocycles. The molecule has 0 amide bonds. The van der Waals surface area contributed by atoms with Crippen LogP contribution in [0.3, 0.4) is 0 Å². The largest absolute Gasteiger partial charge is 0.501 e. The van der Waals surface area contributed by atoms with Crippen LogP contribution in [0.5, 0.6) is 0 Å². The molecule has 3 nitrogen and oxygen atoms in total.